The lowest BCUT2D eigenvalue weighted by atomic mass is 9.84. The number of amides is 4. The molecule has 7 rings (SSSR count). The lowest BCUT2D eigenvalue weighted by molar-refractivity contribution is -0.155. The third kappa shape index (κ3) is 9.87. The molecule has 5 heterocycles. The number of pyridine rings is 1. The molecule has 15 nitrogen and oxygen atoms in total. The molecule has 0 radical (unpaired) electrons. The van der Waals surface area contributed by atoms with Gasteiger partial charge in [-0.25, -0.2) is 5.43 Å². The lowest BCUT2D eigenvalue weighted by Crippen LogP contribution is -2.62. The summed E-state index contributed by atoms with van der Waals surface area (Å²) in [5.41, 5.74) is 9.53. The van der Waals surface area contributed by atoms with Crippen LogP contribution in [-0.4, -0.2) is 117 Å². The summed E-state index contributed by atoms with van der Waals surface area (Å²) in [6.45, 7) is 17.0. The number of aryl methyl sites for hydroxylation is 1. The summed E-state index contributed by atoms with van der Waals surface area (Å²) >= 11 is 0. The highest BCUT2D eigenvalue weighted by Crippen LogP contribution is 2.41. The van der Waals surface area contributed by atoms with Gasteiger partial charge in [0, 0.05) is 74.3 Å². The van der Waals surface area contributed by atoms with E-state index in [-0.39, 0.29) is 55.6 Å². The Morgan fingerprint density at radius 2 is 1.91 bits per heavy atom. The van der Waals surface area contributed by atoms with Crippen molar-refractivity contribution in [1.82, 2.24) is 35.1 Å². The van der Waals surface area contributed by atoms with E-state index in [1.54, 1.807) is 37.4 Å². The lowest BCUT2D eigenvalue weighted by Gasteiger charge is -2.37. The number of nitrogens with one attached hydrogen (secondary N) is 2. The maximum atomic E-state index is 14.7. The largest absolute Gasteiger partial charge is 0.508 e. The second-order valence-electron chi connectivity index (χ2n) is 19.3. The first-order valence-corrected chi connectivity index (χ1v) is 23.1. The van der Waals surface area contributed by atoms with Crippen molar-refractivity contribution in [2.75, 3.05) is 33.9 Å². The summed E-state index contributed by atoms with van der Waals surface area (Å²) in [4.78, 5) is 77.5. The summed E-state index contributed by atoms with van der Waals surface area (Å²) in [6, 6.07) is 12.3. The number of likely N-dealkylation sites (N-methyl/N-ethyl adjacent to an activating group) is 1. The molecule has 2 saturated heterocycles. The molecule has 4 amide bonds. The van der Waals surface area contributed by atoms with Crippen LogP contribution in [0.2, 0.25) is 0 Å². The number of phenols is 1. The number of phenolic OH excluding ortho intramolecular Hbond substituents is 1. The smallest absolute Gasteiger partial charge is 0.324 e. The van der Waals surface area contributed by atoms with Crippen LogP contribution >= 0.6 is 0 Å². The number of carbonyl (C=O) groups excluding carboxylic acids is 5. The van der Waals surface area contributed by atoms with Gasteiger partial charge in [0.2, 0.25) is 17.7 Å². The van der Waals surface area contributed by atoms with Crippen molar-refractivity contribution in [1.29, 1.82) is 0 Å². The van der Waals surface area contributed by atoms with Crippen molar-refractivity contribution in [3.8, 4) is 28.1 Å². The predicted octanol–water partition coefficient (Wildman–Crippen LogP) is 5.80. The van der Waals surface area contributed by atoms with Gasteiger partial charge in [0.25, 0.3) is 5.91 Å². The van der Waals surface area contributed by atoms with Gasteiger partial charge in [-0.2, -0.15) is 0 Å². The Morgan fingerprint density at radius 1 is 1.14 bits per heavy atom. The van der Waals surface area contributed by atoms with Gasteiger partial charge in [-0.1, -0.05) is 46.4 Å². The quantitative estimate of drug-likeness (QED) is 0.130. The average Bonchev–Trinajstić information content (AvgIpc) is 3.83. The van der Waals surface area contributed by atoms with Crippen LogP contribution in [0.15, 0.2) is 67.4 Å². The molecule has 3 aliphatic rings. The van der Waals surface area contributed by atoms with Gasteiger partial charge in [0.15, 0.2) is 0 Å². The van der Waals surface area contributed by atoms with E-state index >= 15 is 0 Å². The number of methoxy groups -OCH3 is 1. The Labute approximate surface area is 387 Å². The van der Waals surface area contributed by atoms with Gasteiger partial charge in [-0.05, 0) is 110 Å². The molecular formula is C51H65N7O8. The maximum absolute atomic E-state index is 14.7. The first-order valence-electron chi connectivity index (χ1n) is 23.1. The normalized spacial score (nSPS) is 21.6. The van der Waals surface area contributed by atoms with Gasteiger partial charge < -0.3 is 34.3 Å². The van der Waals surface area contributed by atoms with E-state index in [2.05, 4.69) is 60.9 Å². The Hall–Kier alpha value is -6.06. The molecule has 5 atom stereocenters. The molecule has 15 heteroatoms. The van der Waals surface area contributed by atoms with Crippen LogP contribution in [0.25, 0.3) is 33.3 Å². The highest BCUT2D eigenvalue weighted by Gasteiger charge is 2.42. The summed E-state index contributed by atoms with van der Waals surface area (Å²) < 4.78 is 14.0. The zero-order valence-electron chi connectivity index (χ0n) is 39.6. The third-order valence-corrected chi connectivity index (χ3v) is 13.3. The fraction of sp³-hybridized carbons (Fsp3) is 0.490. The number of rotatable bonds is 10. The van der Waals surface area contributed by atoms with Gasteiger partial charge in [-0.15, -0.1) is 0 Å². The molecule has 4 aromatic rings. The van der Waals surface area contributed by atoms with Crippen molar-refractivity contribution in [3.63, 3.8) is 0 Å². The molecule has 0 aliphatic carbocycles. The molecule has 0 saturated carbocycles. The number of nitrogens with zero attached hydrogens (tertiary/aromatic N) is 5. The van der Waals surface area contributed by atoms with Crippen molar-refractivity contribution in [2.45, 2.75) is 111 Å². The molecule has 66 heavy (non-hydrogen) atoms. The van der Waals surface area contributed by atoms with Crippen molar-refractivity contribution in [3.05, 3.63) is 84.2 Å². The average molecular weight is 904 g/mol. The molecule has 2 aromatic heterocycles. The number of esters is 1. The minimum atomic E-state index is -1.17. The summed E-state index contributed by atoms with van der Waals surface area (Å²) in [5.74, 6) is -2.90. The number of hydrazine groups is 1. The number of aromatic nitrogens is 2. The van der Waals surface area contributed by atoms with E-state index in [1.165, 1.54) is 16.0 Å². The third-order valence-electron chi connectivity index (χ3n) is 13.3. The van der Waals surface area contributed by atoms with Crippen molar-refractivity contribution >= 4 is 40.5 Å². The monoisotopic (exact) mass is 903 g/mol. The van der Waals surface area contributed by atoms with E-state index in [0.29, 0.717) is 50.0 Å². The second kappa shape index (κ2) is 19.8. The summed E-state index contributed by atoms with van der Waals surface area (Å²) in [7, 11) is 3.24. The number of aromatic hydroxyl groups is 1. The number of fused-ring (bicyclic) bond motifs is 6. The zero-order valence-corrected chi connectivity index (χ0v) is 39.6. The van der Waals surface area contributed by atoms with Crippen molar-refractivity contribution < 1.29 is 38.6 Å². The van der Waals surface area contributed by atoms with Crippen LogP contribution in [0.4, 0.5) is 0 Å². The minimum Gasteiger partial charge on any atom is -0.508 e. The van der Waals surface area contributed by atoms with Crippen molar-refractivity contribution in [2.24, 2.45) is 17.3 Å². The fourth-order valence-electron chi connectivity index (χ4n) is 10.2. The molecule has 2 aromatic carbocycles. The molecule has 0 spiro atoms. The number of ether oxygens (including phenoxy) is 2. The van der Waals surface area contributed by atoms with Gasteiger partial charge in [0.1, 0.15) is 23.9 Å². The molecular weight excluding hydrogens is 839 g/mol. The van der Waals surface area contributed by atoms with Gasteiger partial charge in [-0.3, -0.25) is 34.0 Å². The van der Waals surface area contributed by atoms with Crippen LogP contribution in [0.3, 0.4) is 0 Å². The van der Waals surface area contributed by atoms with E-state index < -0.39 is 47.2 Å². The molecule has 3 N–H and O–H groups in total. The standard InChI is InChI=1S/C51H65N7O8/c1-10-44(60)57-27-35(20-31(57)5)48(62)55(8)45(30(3)4)47(61)53-41-23-32-21-34(24-36(59)22-32)33-16-17-43-38(25-33)39(46(56(43)11-2)37-14-12-18-52-42(37)28-65-9)26-51(6,7)29-66-50(64)40-15-13-19-58(54-40)49(41)63/h10,12,14,16-18,21-22,24-25,30-31,35,40-41,45,54,59H,1,11,13,15,19-20,23,26-29H2,2-9H3,(H,53,61)/t31-,35+,40+,41+,45-/m1/s1. The number of hydrogen-bond acceptors (Lipinski definition) is 10. The number of likely N-dealkylation sites (tertiary alicyclic amines) is 1. The minimum absolute atomic E-state index is 0.0121. The number of hydrogen-bond donors (Lipinski definition) is 3. The van der Waals surface area contributed by atoms with Gasteiger partial charge >= 0.3 is 5.97 Å². The number of benzene rings is 2. The summed E-state index contributed by atoms with van der Waals surface area (Å²) in [6.07, 6.45) is 4.92. The Balaban J connectivity index is 1.30. The zero-order chi connectivity index (χ0) is 47.6. The number of carbonyl (C=O) groups is 5. The first-order chi connectivity index (χ1) is 31.4. The SMILES string of the molecule is C=CC(=O)N1C[C@@H](C(=O)N(C)[C@@H](C(=O)N[C@H]2Cc3cc(O)cc(c3)-c3ccc4c(c3)c(c(-c3cccnc3COC)n4CC)CC(C)(C)COC(=O)[C@@H]3CCCN(N3)C2=O)C(C)C)C[C@H]1C. The highest BCUT2D eigenvalue weighted by atomic mass is 16.5. The van der Waals surface area contributed by atoms with Gasteiger partial charge in [0.05, 0.1) is 30.5 Å². The molecule has 6 bridgehead atoms. The van der Waals surface area contributed by atoms with Crippen LogP contribution in [0, 0.1) is 17.3 Å². The van der Waals surface area contributed by atoms with Crippen LogP contribution < -0.4 is 10.7 Å². The van der Waals surface area contributed by atoms with E-state index in [4.69, 9.17) is 14.5 Å². The van der Waals surface area contributed by atoms with E-state index in [1.807, 2.05) is 39.0 Å². The van der Waals surface area contributed by atoms with E-state index in [0.717, 1.165) is 39.0 Å². The molecule has 352 valence electrons. The fourth-order valence-corrected chi connectivity index (χ4v) is 10.2. The number of cyclic esters (lactones) is 1. The highest BCUT2D eigenvalue weighted by molar-refractivity contribution is 5.96. The van der Waals surface area contributed by atoms with Crippen LogP contribution in [0.5, 0.6) is 5.75 Å². The topological polar surface area (TPSA) is 176 Å². The predicted molar refractivity (Wildman–Crippen MR) is 251 cm³/mol. The van der Waals surface area contributed by atoms with Crippen LogP contribution in [-0.2, 0) is 59.4 Å². The Bertz CT molecular complexity index is 2510. The second-order valence-corrected chi connectivity index (χ2v) is 19.3. The Morgan fingerprint density at radius 3 is 2.62 bits per heavy atom. The molecule has 0 unspecified atom stereocenters. The van der Waals surface area contributed by atoms with E-state index in [9.17, 15) is 29.1 Å². The molecule has 3 aliphatic heterocycles. The maximum Gasteiger partial charge on any atom is 0.324 e. The Kier molecular flexibility index (Phi) is 14.4. The summed E-state index contributed by atoms with van der Waals surface area (Å²) in [5, 5.41) is 16.7. The first kappa shape index (κ1) is 47.9. The van der Waals surface area contributed by atoms with Crippen LogP contribution in [0.1, 0.15) is 77.6 Å². The molecule has 2 fully saturated rings.